The third-order valence-electron chi connectivity index (χ3n) is 3.91. The molecule has 0 radical (unpaired) electrons. The topological polar surface area (TPSA) is 21.3 Å². The van der Waals surface area contributed by atoms with Crippen LogP contribution in [0, 0.1) is 5.92 Å². The molecular weight excluding hydrogens is 258 g/mol. The van der Waals surface area contributed by atoms with E-state index in [-0.39, 0.29) is 0 Å². The molecule has 2 nitrogen and oxygen atoms in total. The Balaban J connectivity index is 1.56. The SMILES string of the molecule is CC1CCC(NCCOCc2ccccc2Cl)CC1. The highest BCUT2D eigenvalue weighted by Gasteiger charge is 2.16. The fourth-order valence-electron chi connectivity index (χ4n) is 2.60. The second-order valence-corrected chi connectivity index (χ2v) is 5.96. The summed E-state index contributed by atoms with van der Waals surface area (Å²) in [6.07, 6.45) is 5.34. The maximum atomic E-state index is 6.08. The van der Waals surface area contributed by atoms with E-state index in [0.717, 1.165) is 29.7 Å². The number of nitrogens with one attached hydrogen (secondary N) is 1. The lowest BCUT2D eigenvalue weighted by atomic mass is 9.87. The lowest BCUT2D eigenvalue weighted by molar-refractivity contribution is 0.118. The number of rotatable bonds is 6. The van der Waals surface area contributed by atoms with Crippen LogP contribution in [0.2, 0.25) is 5.02 Å². The van der Waals surface area contributed by atoms with Gasteiger partial charge in [0.15, 0.2) is 0 Å². The zero-order chi connectivity index (χ0) is 13.5. The molecule has 1 saturated carbocycles. The Morgan fingerprint density at radius 1 is 1.21 bits per heavy atom. The molecule has 1 aliphatic rings. The van der Waals surface area contributed by atoms with Crippen LogP contribution in [0.5, 0.6) is 0 Å². The maximum Gasteiger partial charge on any atom is 0.0731 e. The monoisotopic (exact) mass is 281 g/mol. The van der Waals surface area contributed by atoms with E-state index in [9.17, 15) is 0 Å². The highest BCUT2D eigenvalue weighted by molar-refractivity contribution is 6.31. The number of hydrogen-bond acceptors (Lipinski definition) is 2. The molecule has 0 aromatic heterocycles. The van der Waals surface area contributed by atoms with Gasteiger partial charge >= 0.3 is 0 Å². The quantitative estimate of drug-likeness (QED) is 0.795. The van der Waals surface area contributed by atoms with E-state index in [0.29, 0.717) is 12.6 Å². The Hall–Kier alpha value is -0.570. The summed E-state index contributed by atoms with van der Waals surface area (Å²) in [6, 6.07) is 8.55. The third kappa shape index (κ3) is 5.13. The summed E-state index contributed by atoms with van der Waals surface area (Å²) in [5.41, 5.74) is 1.07. The van der Waals surface area contributed by atoms with Gasteiger partial charge in [0.05, 0.1) is 13.2 Å². The van der Waals surface area contributed by atoms with Crippen LogP contribution >= 0.6 is 11.6 Å². The lowest BCUT2D eigenvalue weighted by Crippen LogP contribution is -2.34. The Morgan fingerprint density at radius 2 is 1.95 bits per heavy atom. The molecule has 106 valence electrons. The molecule has 0 unspecified atom stereocenters. The predicted molar refractivity (Wildman–Crippen MR) is 80.5 cm³/mol. The molecule has 1 fully saturated rings. The first-order valence-corrected chi connectivity index (χ1v) is 7.68. The van der Waals surface area contributed by atoms with Crippen LogP contribution in [-0.4, -0.2) is 19.2 Å². The van der Waals surface area contributed by atoms with Crippen LogP contribution in [-0.2, 0) is 11.3 Å². The summed E-state index contributed by atoms with van der Waals surface area (Å²) in [7, 11) is 0. The van der Waals surface area contributed by atoms with Crippen molar-refractivity contribution >= 4 is 11.6 Å². The van der Waals surface area contributed by atoms with E-state index in [1.54, 1.807) is 0 Å². The molecule has 0 amide bonds. The molecule has 0 spiro atoms. The van der Waals surface area contributed by atoms with Gasteiger partial charge < -0.3 is 10.1 Å². The summed E-state index contributed by atoms with van der Waals surface area (Å²) in [4.78, 5) is 0. The molecule has 0 heterocycles. The van der Waals surface area contributed by atoms with Gasteiger partial charge in [-0.1, -0.05) is 36.7 Å². The molecule has 0 bridgehead atoms. The normalized spacial score (nSPS) is 23.5. The van der Waals surface area contributed by atoms with E-state index in [2.05, 4.69) is 12.2 Å². The fourth-order valence-corrected chi connectivity index (χ4v) is 2.79. The minimum atomic E-state index is 0.600. The fraction of sp³-hybridized carbons (Fsp3) is 0.625. The molecule has 0 saturated heterocycles. The zero-order valence-corrected chi connectivity index (χ0v) is 12.5. The molecule has 2 rings (SSSR count). The van der Waals surface area contributed by atoms with E-state index in [4.69, 9.17) is 16.3 Å². The second kappa shape index (κ2) is 7.88. The molecule has 0 atom stereocenters. The Bertz CT molecular complexity index is 375. The van der Waals surface area contributed by atoms with Gasteiger partial charge in [-0.25, -0.2) is 0 Å². The van der Waals surface area contributed by atoms with Gasteiger partial charge in [-0.2, -0.15) is 0 Å². The standard InChI is InChI=1S/C16H24ClNO/c1-13-6-8-15(9-7-13)18-10-11-19-12-14-4-2-3-5-16(14)17/h2-5,13,15,18H,6-12H2,1H3. The maximum absolute atomic E-state index is 6.08. The number of hydrogen-bond donors (Lipinski definition) is 1. The average Bonchev–Trinajstić information content (AvgIpc) is 2.42. The van der Waals surface area contributed by atoms with Crippen LogP contribution in [0.1, 0.15) is 38.2 Å². The smallest absolute Gasteiger partial charge is 0.0731 e. The van der Waals surface area contributed by atoms with Crippen LogP contribution in [0.15, 0.2) is 24.3 Å². The largest absolute Gasteiger partial charge is 0.375 e. The molecule has 19 heavy (non-hydrogen) atoms. The van der Waals surface area contributed by atoms with Crippen molar-refractivity contribution in [3.05, 3.63) is 34.9 Å². The first-order chi connectivity index (χ1) is 9.25. The molecular formula is C16H24ClNO. The van der Waals surface area contributed by atoms with Crippen LogP contribution < -0.4 is 5.32 Å². The number of halogens is 1. The van der Waals surface area contributed by atoms with Crippen molar-refractivity contribution in [2.75, 3.05) is 13.2 Å². The summed E-state index contributed by atoms with van der Waals surface area (Å²) in [5, 5.41) is 4.37. The highest BCUT2D eigenvalue weighted by atomic mass is 35.5. The van der Waals surface area contributed by atoms with Gasteiger partial charge in [-0.15, -0.1) is 0 Å². The summed E-state index contributed by atoms with van der Waals surface area (Å²) >= 11 is 6.08. The second-order valence-electron chi connectivity index (χ2n) is 5.55. The minimum Gasteiger partial charge on any atom is -0.375 e. The van der Waals surface area contributed by atoms with E-state index in [1.165, 1.54) is 25.7 Å². The summed E-state index contributed by atoms with van der Waals surface area (Å²) in [5.74, 6) is 0.912. The first-order valence-electron chi connectivity index (χ1n) is 7.30. The Kier molecular flexibility index (Phi) is 6.15. The Labute approximate surface area is 121 Å². The zero-order valence-electron chi connectivity index (χ0n) is 11.7. The molecule has 0 aliphatic heterocycles. The van der Waals surface area contributed by atoms with Gasteiger partial charge in [-0.05, 0) is 43.2 Å². The van der Waals surface area contributed by atoms with E-state index < -0.39 is 0 Å². The summed E-state index contributed by atoms with van der Waals surface area (Å²) < 4.78 is 5.67. The molecule has 1 aliphatic carbocycles. The van der Waals surface area contributed by atoms with Crippen LogP contribution in [0.4, 0.5) is 0 Å². The molecule has 1 aromatic rings. The minimum absolute atomic E-state index is 0.600. The van der Waals surface area contributed by atoms with Crippen LogP contribution in [0.3, 0.4) is 0 Å². The molecule has 1 aromatic carbocycles. The van der Waals surface area contributed by atoms with Crippen molar-refractivity contribution < 1.29 is 4.74 Å². The van der Waals surface area contributed by atoms with Crippen molar-refractivity contribution in [3.63, 3.8) is 0 Å². The molecule has 3 heteroatoms. The van der Waals surface area contributed by atoms with Crippen molar-refractivity contribution in [2.45, 2.75) is 45.3 Å². The highest BCUT2D eigenvalue weighted by Crippen LogP contribution is 2.23. The average molecular weight is 282 g/mol. The van der Waals surface area contributed by atoms with Gasteiger partial charge in [0, 0.05) is 17.6 Å². The number of ether oxygens (including phenoxy) is 1. The van der Waals surface area contributed by atoms with Crippen molar-refractivity contribution in [1.29, 1.82) is 0 Å². The van der Waals surface area contributed by atoms with E-state index >= 15 is 0 Å². The van der Waals surface area contributed by atoms with E-state index in [1.807, 2.05) is 24.3 Å². The van der Waals surface area contributed by atoms with Crippen molar-refractivity contribution in [2.24, 2.45) is 5.92 Å². The number of benzene rings is 1. The van der Waals surface area contributed by atoms with Gasteiger partial charge in [-0.3, -0.25) is 0 Å². The van der Waals surface area contributed by atoms with Gasteiger partial charge in [0.25, 0.3) is 0 Å². The molecule has 1 N–H and O–H groups in total. The Morgan fingerprint density at radius 3 is 2.68 bits per heavy atom. The summed E-state index contributed by atoms with van der Waals surface area (Å²) in [6.45, 7) is 4.63. The third-order valence-corrected chi connectivity index (χ3v) is 4.28. The van der Waals surface area contributed by atoms with Gasteiger partial charge in [0.1, 0.15) is 0 Å². The van der Waals surface area contributed by atoms with Crippen molar-refractivity contribution in [1.82, 2.24) is 5.32 Å². The van der Waals surface area contributed by atoms with Crippen LogP contribution in [0.25, 0.3) is 0 Å². The van der Waals surface area contributed by atoms with Crippen molar-refractivity contribution in [3.8, 4) is 0 Å². The lowest BCUT2D eigenvalue weighted by Gasteiger charge is -2.27. The first kappa shape index (κ1) is 14.8. The van der Waals surface area contributed by atoms with Gasteiger partial charge in [0.2, 0.25) is 0 Å². The predicted octanol–water partition coefficient (Wildman–Crippen LogP) is 4.02.